The second kappa shape index (κ2) is 5.56. The lowest BCUT2D eigenvalue weighted by Gasteiger charge is -2.24. The van der Waals surface area contributed by atoms with Gasteiger partial charge in [0.05, 0.1) is 0 Å². The van der Waals surface area contributed by atoms with Crippen LogP contribution in [-0.4, -0.2) is 26.4 Å². The molecule has 1 aliphatic heterocycles. The van der Waals surface area contributed by atoms with Crippen LogP contribution in [0.5, 0.6) is 11.5 Å². The summed E-state index contributed by atoms with van der Waals surface area (Å²) >= 11 is 1.47. The van der Waals surface area contributed by atoms with Crippen LogP contribution in [0.1, 0.15) is 16.7 Å². The van der Waals surface area contributed by atoms with Crippen molar-refractivity contribution in [3.63, 3.8) is 0 Å². The van der Waals surface area contributed by atoms with Crippen LogP contribution < -0.4 is 9.47 Å². The van der Waals surface area contributed by atoms with E-state index in [1.807, 2.05) is 36.4 Å². The Kier molecular flexibility index (Phi) is 3.21. The molecule has 5 rings (SSSR count). The molecule has 4 aromatic rings. The molecule has 0 saturated heterocycles. The fourth-order valence-corrected chi connectivity index (χ4v) is 3.72. The molecule has 0 bridgehead atoms. The number of nitrogens with zero attached hydrogens (tertiary/aromatic N) is 4. The third kappa shape index (κ3) is 2.44. The van der Waals surface area contributed by atoms with Crippen LogP contribution in [0.15, 0.2) is 48.5 Å². The monoisotopic (exact) mass is 350 g/mol. The summed E-state index contributed by atoms with van der Waals surface area (Å²) in [5.41, 5.74) is 2.17. The maximum Gasteiger partial charge on any atom is 0.235 e. The molecular weight excluding hydrogens is 336 g/mol. The van der Waals surface area contributed by atoms with Crippen molar-refractivity contribution in [2.75, 3.05) is 6.61 Å². The van der Waals surface area contributed by atoms with E-state index in [1.165, 1.54) is 16.9 Å². The van der Waals surface area contributed by atoms with E-state index in [1.54, 1.807) is 4.52 Å². The molecule has 0 fully saturated rings. The van der Waals surface area contributed by atoms with Crippen molar-refractivity contribution < 1.29 is 9.47 Å². The number of para-hydroxylation sites is 2. The highest BCUT2D eigenvalue weighted by Gasteiger charge is 2.27. The van der Waals surface area contributed by atoms with Crippen LogP contribution in [0.2, 0.25) is 0 Å². The number of fused-ring (bicyclic) bond motifs is 2. The molecule has 1 atom stereocenters. The molecule has 3 heterocycles. The lowest BCUT2D eigenvalue weighted by molar-refractivity contribution is 0.0904. The van der Waals surface area contributed by atoms with E-state index in [0.29, 0.717) is 6.61 Å². The van der Waals surface area contributed by atoms with Crippen LogP contribution in [0, 0.1) is 6.92 Å². The van der Waals surface area contributed by atoms with Crippen molar-refractivity contribution in [1.29, 1.82) is 0 Å². The lowest BCUT2D eigenvalue weighted by Crippen LogP contribution is -2.21. The van der Waals surface area contributed by atoms with Crippen molar-refractivity contribution >= 4 is 16.3 Å². The molecule has 0 unspecified atom stereocenters. The Balaban J connectivity index is 1.52. The van der Waals surface area contributed by atoms with Crippen LogP contribution >= 0.6 is 11.3 Å². The summed E-state index contributed by atoms with van der Waals surface area (Å²) in [6.45, 7) is 2.49. The van der Waals surface area contributed by atoms with Gasteiger partial charge in [-0.3, -0.25) is 0 Å². The first-order valence-corrected chi connectivity index (χ1v) is 8.77. The van der Waals surface area contributed by atoms with Crippen LogP contribution in [-0.2, 0) is 0 Å². The van der Waals surface area contributed by atoms with E-state index in [-0.39, 0.29) is 6.10 Å². The first-order valence-electron chi connectivity index (χ1n) is 7.95. The molecule has 2 aromatic carbocycles. The van der Waals surface area contributed by atoms with Gasteiger partial charge in [-0.15, -0.1) is 10.2 Å². The van der Waals surface area contributed by atoms with Crippen molar-refractivity contribution in [1.82, 2.24) is 19.8 Å². The summed E-state index contributed by atoms with van der Waals surface area (Å²) in [5, 5.41) is 14.0. The van der Waals surface area contributed by atoms with Gasteiger partial charge in [-0.25, -0.2) is 0 Å². The minimum absolute atomic E-state index is 0.244. The summed E-state index contributed by atoms with van der Waals surface area (Å²) < 4.78 is 13.6. The normalized spacial score (nSPS) is 16.3. The van der Waals surface area contributed by atoms with Gasteiger partial charge in [0.15, 0.2) is 28.4 Å². The predicted octanol–water partition coefficient (Wildman–Crippen LogP) is 3.67. The van der Waals surface area contributed by atoms with Crippen molar-refractivity contribution in [2.24, 2.45) is 0 Å². The van der Waals surface area contributed by atoms with E-state index in [9.17, 15) is 0 Å². The summed E-state index contributed by atoms with van der Waals surface area (Å²) in [6.07, 6.45) is -0.244. The zero-order chi connectivity index (χ0) is 16.8. The molecule has 0 amide bonds. The third-order valence-electron chi connectivity index (χ3n) is 4.07. The van der Waals surface area contributed by atoms with E-state index in [4.69, 9.17) is 9.47 Å². The van der Waals surface area contributed by atoms with Crippen LogP contribution in [0.25, 0.3) is 16.3 Å². The summed E-state index contributed by atoms with van der Waals surface area (Å²) in [7, 11) is 0. The standard InChI is InChI=1S/C18H14N4O2S/c1-11-5-4-6-12(9-11)16-19-20-18-22(16)21-17(25-18)15-10-23-13-7-2-3-8-14(13)24-15/h2-9,15H,10H2,1H3/t15-/m0/s1. The Morgan fingerprint density at radius 2 is 1.96 bits per heavy atom. The summed E-state index contributed by atoms with van der Waals surface area (Å²) in [6, 6.07) is 15.8. The minimum Gasteiger partial charge on any atom is -0.485 e. The smallest absolute Gasteiger partial charge is 0.235 e. The van der Waals surface area contributed by atoms with Gasteiger partial charge >= 0.3 is 0 Å². The molecule has 6 nitrogen and oxygen atoms in total. The number of rotatable bonds is 2. The molecule has 0 radical (unpaired) electrons. The Morgan fingerprint density at radius 3 is 2.84 bits per heavy atom. The molecule has 25 heavy (non-hydrogen) atoms. The molecule has 2 aromatic heterocycles. The molecule has 1 aliphatic rings. The maximum atomic E-state index is 6.04. The highest BCUT2D eigenvalue weighted by atomic mass is 32.1. The van der Waals surface area contributed by atoms with Crippen molar-refractivity contribution in [2.45, 2.75) is 13.0 Å². The quantitative estimate of drug-likeness (QED) is 0.552. The molecule has 124 valence electrons. The van der Waals surface area contributed by atoms with Gasteiger partial charge in [0.25, 0.3) is 0 Å². The van der Waals surface area contributed by atoms with E-state index in [0.717, 1.165) is 32.9 Å². The number of aromatic nitrogens is 4. The highest BCUT2D eigenvalue weighted by Crippen LogP contribution is 2.37. The third-order valence-corrected chi connectivity index (χ3v) is 5.06. The predicted molar refractivity (Wildman–Crippen MR) is 94.1 cm³/mol. The molecule has 0 aliphatic carbocycles. The van der Waals surface area contributed by atoms with E-state index < -0.39 is 0 Å². The maximum absolute atomic E-state index is 6.04. The van der Waals surface area contributed by atoms with Gasteiger partial charge in [0.2, 0.25) is 4.96 Å². The van der Waals surface area contributed by atoms with Crippen molar-refractivity contribution in [3.05, 3.63) is 59.1 Å². The average molecular weight is 350 g/mol. The van der Waals surface area contributed by atoms with Gasteiger partial charge in [-0.1, -0.05) is 47.2 Å². The number of benzene rings is 2. The number of hydrogen-bond donors (Lipinski definition) is 0. The molecular formula is C18H14N4O2S. The Bertz CT molecular complexity index is 1070. The highest BCUT2D eigenvalue weighted by molar-refractivity contribution is 7.16. The second-order valence-corrected chi connectivity index (χ2v) is 6.88. The zero-order valence-corrected chi connectivity index (χ0v) is 14.2. The number of hydrogen-bond acceptors (Lipinski definition) is 6. The number of aryl methyl sites for hydroxylation is 1. The van der Waals surface area contributed by atoms with Gasteiger partial charge in [0.1, 0.15) is 6.61 Å². The first-order chi connectivity index (χ1) is 12.3. The second-order valence-electron chi connectivity index (χ2n) is 5.89. The van der Waals surface area contributed by atoms with Gasteiger partial charge in [-0.05, 0) is 25.1 Å². The minimum atomic E-state index is -0.244. The molecule has 0 saturated carbocycles. The summed E-state index contributed by atoms with van der Waals surface area (Å²) in [5.74, 6) is 2.24. The molecule has 0 spiro atoms. The molecule has 0 N–H and O–H groups in total. The van der Waals surface area contributed by atoms with Gasteiger partial charge in [0, 0.05) is 5.56 Å². The Hall–Kier alpha value is -2.93. The van der Waals surface area contributed by atoms with Crippen LogP contribution in [0.4, 0.5) is 0 Å². The average Bonchev–Trinajstić information content (AvgIpc) is 3.22. The SMILES string of the molecule is Cc1cccc(-c2nnc3sc([C@@H]4COc5ccccc5O4)nn23)c1. The van der Waals surface area contributed by atoms with E-state index in [2.05, 4.69) is 34.4 Å². The number of ether oxygens (including phenoxy) is 2. The van der Waals surface area contributed by atoms with Crippen molar-refractivity contribution in [3.8, 4) is 22.9 Å². The Labute approximate surface area is 147 Å². The Morgan fingerprint density at radius 1 is 1.08 bits per heavy atom. The fraction of sp³-hybridized carbons (Fsp3) is 0.167. The van der Waals surface area contributed by atoms with Gasteiger partial charge < -0.3 is 9.47 Å². The van der Waals surface area contributed by atoms with E-state index >= 15 is 0 Å². The fourth-order valence-electron chi connectivity index (χ4n) is 2.87. The van der Waals surface area contributed by atoms with Gasteiger partial charge in [-0.2, -0.15) is 9.61 Å². The first kappa shape index (κ1) is 14.4. The largest absolute Gasteiger partial charge is 0.485 e. The molecule has 7 heteroatoms. The summed E-state index contributed by atoms with van der Waals surface area (Å²) in [4.78, 5) is 0.744. The lowest BCUT2D eigenvalue weighted by atomic mass is 10.1. The topological polar surface area (TPSA) is 61.5 Å². The zero-order valence-electron chi connectivity index (χ0n) is 13.4. The van der Waals surface area contributed by atoms with Crippen LogP contribution in [0.3, 0.4) is 0 Å².